The van der Waals surface area contributed by atoms with E-state index in [-0.39, 0.29) is 0 Å². The first-order valence-corrected chi connectivity index (χ1v) is 12.0. The molecule has 1 aromatic heterocycles. The van der Waals surface area contributed by atoms with Crippen LogP contribution in [-0.2, 0) is 29.4 Å². The molecule has 160 valence electrons. The lowest BCUT2D eigenvalue weighted by Crippen LogP contribution is -2.28. The summed E-state index contributed by atoms with van der Waals surface area (Å²) in [5.41, 5.74) is 5.26. The summed E-state index contributed by atoms with van der Waals surface area (Å²) < 4.78 is 30.4. The molecule has 0 atom stereocenters. The zero-order chi connectivity index (χ0) is 21.8. The predicted octanol–water partition coefficient (Wildman–Crippen LogP) is 4.42. The fraction of sp³-hybridized carbons (Fsp3) is 0.240. The SMILES string of the molecule is Cc1ccc(S(=O)(=O)NCCn2c(CCc3ccccc3)nc3ccccc32)cc1C. The van der Waals surface area contributed by atoms with Gasteiger partial charge in [-0.05, 0) is 61.2 Å². The van der Waals surface area contributed by atoms with Crippen LogP contribution in [-0.4, -0.2) is 24.5 Å². The molecule has 4 aromatic rings. The highest BCUT2D eigenvalue weighted by molar-refractivity contribution is 7.89. The van der Waals surface area contributed by atoms with E-state index < -0.39 is 10.0 Å². The van der Waals surface area contributed by atoms with Crippen molar-refractivity contribution in [1.29, 1.82) is 0 Å². The Bertz CT molecular complexity index is 1300. The van der Waals surface area contributed by atoms with E-state index in [1.807, 2.05) is 62.4 Å². The highest BCUT2D eigenvalue weighted by Gasteiger charge is 2.16. The van der Waals surface area contributed by atoms with Crippen LogP contribution < -0.4 is 4.72 Å². The van der Waals surface area contributed by atoms with Gasteiger partial charge in [0.25, 0.3) is 0 Å². The Morgan fingerprint density at radius 3 is 2.39 bits per heavy atom. The fourth-order valence-electron chi connectivity index (χ4n) is 3.72. The lowest BCUT2D eigenvalue weighted by molar-refractivity contribution is 0.571. The van der Waals surface area contributed by atoms with Crippen LogP contribution in [0, 0.1) is 13.8 Å². The zero-order valence-corrected chi connectivity index (χ0v) is 18.7. The van der Waals surface area contributed by atoms with Gasteiger partial charge in [0, 0.05) is 19.5 Å². The van der Waals surface area contributed by atoms with Crippen molar-refractivity contribution in [3.63, 3.8) is 0 Å². The average Bonchev–Trinajstić information content (AvgIpc) is 3.12. The number of nitrogens with one attached hydrogen (secondary N) is 1. The van der Waals surface area contributed by atoms with Gasteiger partial charge in [0.1, 0.15) is 5.82 Å². The van der Waals surface area contributed by atoms with E-state index in [1.54, 1.807) is 12.1 Å². The molecule has 0 saturated carbocycles. The first-order valence-electron chi connectivity index (χ1n) is 10.5. The van der Waals surface area contributed by atoms with Crippen LogP contribution in [0.3, 0.4) is 0 Å². The lowest BCUT2D eigenvalue weighted by atomic mass is 10.1. The Hall–Kier alpha value is -2.96. The van der Waals surface area contributed by atoms with E-state index in [0.29, 0.717) is 18.0 Å². The molecule has 0 unspecified atom stereocenters. The molecular formula is C25H27N3O2S. The van der Waals surface area contributed by atoms with Crippen LogP contribution in [0.4, 0.5) is 0 Å². The molecule has 0 radical (unpaired) electrons. The summed E-state index contributed by atoms with van der Waals surface area (Å²) >= 11 is 0. The Morgan fingerprint density at radius 1 is 0.871 bits per heavy atom. The molecular weight excluding hydrogens is 406 g/mol. The summed E-state index contributed by atoms with van der Waals surface area (Å²) in [5.74, 6) is 0.968. The standard InChI is InChI=1S/C25H27N3O2S/c1-19-12-14-22(18-20(19)2)31(29,30)26-16-17-28-24-11-7-6-10-23(24)27-25(28)15-13-21-8-4-3-5-9-21/h3-12,14,18,26H,13,15-17H2,1-2H3. The zero-order valence-electron chi connectivity index (χ0n) is 17.9. The normalized spacial score (nSPS) is 11.8. The molecule has 1 N–H and O–H groups in total. The van der Waals surface area contributed by atoms with Gasteiger partial charge in [0.2, 0.25) is 10.0 Å². The molecule has 0 aliphatic carbocycles. The lowest BCUT2D eigenvalue weighted by Gasteiger charge is -2.12. The maximum atomic E-state index is 12.7. The molecule has 5 nitrogen and oxygen atoms in total. The number of fused-ring (bicyclic) bond motifs is 1. The van der Waals surface area contributed by atoms with E-state index in [2.05, 4.69) is 21.4 Å². The van der Waals surface area contributed by atoms with E-state index in [9.17, 15) is 8.42 Å². The second kappa shape index (κ2) is 9.04. The van der Waals surface area contributed by atoms with E-state index in [0.717, 1.165) is 40.8 Å². The minimum atomic E-state index is -3.56. The first-order chi connectivity index (χ1) is 14.9. The second-order valence-corrected chi connectivity index (χ2v) is 9.56. The van der Waals surface area contributed by atoms with Crippen LogP contribution in [0.1, 0.15) is 22.5 Å². The summed E-state index contributed by atoms with van der Waals surface area (Å²) in [6.45, 7) is 4.72. The van der Waals surface area contributed by atoms with E-state index in [4.69, 9.17) is 4.98 Å². The van der Waals surface area contributed by atoms with Gasteiger partial charge >= 0.3 is 0 Å². The van der Waals surface area contributed by atoms with Crippen molar-refractivity contribution in [2.45, 2.75) is 38.1 Å². The Balaban J connectivity index is 1.51. The van der Waals surface area contributed by atoms with Gasteiger partial charge in [-0.2, -0.15) is 0 Å². The van der Waals surface area contributed by atoms with Crippen molar-refractivity contribution >= 4 is 21.1 Å². The molecule has 0 aliphatic rings. The highest BCUT2D eigenvalue weighted by Crippen LogP contribution is 2.18. The van der Waals surface area contributed by atoms with Crippen molar-refractivity contribution in [3.05, 3.63) is 95.3 Å². The summed E-state index contributed by atoms with van der Waals surface area (Å²) in [5, 5.41) is 0. The van der Waals surface area contributed by atoms with Crippen molar-refractivity contribution in [2.75, 3.05) is 6.54 Å². The van der Waals surface area contributed by atoms with Gasteiger partial charge in [-0.3, -0.25) is 0 Å². The monoisotopic (exact) mass is 433 g/mol. The molecule has 0 bridgehead atoms. The number of sulfonamides is 1. The molecule has 4 rings (SSSR count). The van der Waals surface area contributed by atoms with Crippen LogP contribution in [0.25, 0.3) is 11.0 Å². The van der Waals surface area contributed by atoms with Crippen LogP contribution in [0.5, 0.6) is 0 Å². The smallest absolute Gasteiger partial charge is 0.240 e. The highest BCUT2D eigenvalue weighted by atomic mass is 32.2. The van der Waals surface area contributed by atoms with Crippen molar-refractivity contribution in [2.24, 2.45) is 0 Å². The van der Waals surface area contributed by atoms with Crippen LogP contribution in [0.2, 0.25) is 0 Å². The van der Waals surface area contributed by atoms with Gasteiger partial charge in [-0.15, -0.1) is 0 Å². The van der Waals surface area contributed by atoms with Crippen LogP contribution in [0.15, 0.2) is 77.7 Å². The summed E-state index contributed by atoms with van der Waals surface area (Å²) in [4.78, 5) is 5.11. The third-order valence-corrected chi connectivity index (χ3v) is 7.09. The number of para-hydroxylation sites is 2. The molecule has 1 heterocycles. The van der Waals surface area contributed by atoms with E-state index >= 15 is 0 Å². The molecule has 0 saturated heterocycles. The van der Waals surface area contributed by atoms with Gasteiger partial charge in [-0.25, -0.2) is 18.1 Å². The number of aromatic nitrogens is 2. The largest absolute Gasteiger partial charge is 0.327 e. The fourth-order valence-corrected chi connectivity index (χ4v) is 4.83. The topological polar surface area (TPSA) is 64.0 Å². The second-order valence-electron chi connectivity index (χ2n) is 7.80. The molecule has 31 heavy (non-hydrogen) atoms. The maximum Gasteiger partial charge on any atom is 0.240 e. The quantitative estimate of drug-likeness (QED) is 0.447. The number of imidazole rings is 1. The van der Waals surface area contributed by atoms with Gasteiger partial charge in [0.15, 0.2) is 0 Å². The minimum Gasteiger partial charge on any atom is -0.327 e. The molecule has 6 heteroatoms. The Morgan fingerprint density at radius 2 is 1.61 bits per heavy atom. The maximum absolute atomic E-state index is 12.7. The Kier molecular flexibility index (Phi) is 6.20. The van der Waals surface area contributed by atoms with Crippen LogP contribution >= 0.6 is 0 Å². The number of benzene rings is 3. The number of aryl methyl sites for hydroxylation is 4. The number of nitrogens with zero attached hydrogens (tertiary/aromatic N) is 2. The molecule has 0 aliphatic heterocycles. The molecule has 0 spiro atoms. The molecule has 3 aromatic carbocycles. The number of hydrogen-bond acceptors (Lipinski definition) is 3. The number of rotatable bonds is 8. The average molecular weight is 434 g/mol. The summed E-state index contributed by atoms with van der Waals surface area (Å²) in [6, 6.07) is 23.5. The predicted molar refractivity (Wildman–Crippen MR) is 125 cm³/mol. The minimum absolute atomic E-state index is 0.300. The van der Waals surface area contributed by atoms with Crippen molar-refractivity contribution in [1.82, 2.24) is 14.3 Å². The third-order valence-electron chi connectivity index (χ3n) is 5.63. The van der Waals surface area contributed by atoms with Gasteiger partial charge < -0.3 is 4.57 Å². The molecule has 0 amide bonds. The summed E-state index contributed by atoms with van der Waals surface area (Å²) in [6.07, 6.45) is 1.68. The molecule has 0 fully saturated rings. The summed E-state index contributed by atoms with van der Waals surface area (Å²) in [7, 11) is -3.56. The first kappa shape index (κ1) is 21.3. The van der Waals surface area contributed by atoms with Crippen molar-refractivity contribution < 1.29 is 8.42 Å². The third kappa shape index (κ3) is 4.86. The number of hydrogen-bond donors (Lipinski definition) is 1. The van der Waals surface area contributed by atoms with E-state index in [1.165, 1.54) is 5.56 Å². The Labute approximate surface area is 183 Å². The van der Waals surface area contributed by atoms with Gasteiger partial charge in [0.05, 0.1) is 15.9 Å². The van der Waals surface area contributed by atoms with Gasteiger partial charge in [-0.1, -0.05) is 48.5 Å². The van der Waals surface area contributed by atoms with Crippen molar-refractivity contribution in [3.8, 4) is 0 Å².